The minimum absolute atomic E-state index is 0.294. The summed E-state index contributed by atoms with van der Waals surface area (Å²) in [4.78, 5) is 23.4. The Labute approximate surface area is 132 Å². The first-order valence-corrected chi connectivity index (χ1v) is 8.21. The maximum absolute atomic E-state index is 11.7. The van der Waals surface area contributed by atoms with Crippen molar-refractivity contribution in [2.75, 3.05) is 13.2 Å². The lowest BCUT2D eigenvalue weighted by Crippen LogP contribution is -2.28. The number of ether oxygens (including phenoxy) is 2. The second kappa shape index (κ2) is 8.16. The van der Waals surface area contributed by atoms with Crippen molar-refractivity contribution in [3.63, 3.8) is 0 Å². The molecule has 0 heterocycles. The van der Waals surface area contributed by atoms with Gasteiger partial charge in [0.05, 0.1) is 13.2 Å². The molecule has 122 valence electrons. The van der Waals surface area contributed by atoms with E-state index in [-0.39, 0.29) is 0 Å². The molecular weight excluding hydrogens is 280 g/mol. The lowest BCUT2D eigenvalue weighted by atomic mass is 9.85. The topological polar surface area (TPSA) is 52.6 Å². The highest BCUT2D eigenvalue weighted by Gasteiger charge is 2.25. The third-order valence-corrected chi connectivity index (χ3v) is 4.86. The highest BCUT2D eigenvalue weighted by molar-refractivity contribution is 6.29. The van der Waals surface area contributed by atoms with Crippen LogP contribution in [0.2, 0.25) is 0 Å². The average Bonchev–Trinajstić information content (AvgIpc) is 2.52. The standard InChI is InChI=1S/C18H26O4/c1-13-7-3-5-9-15(13)11-21-17(19)18(20)22-12-16-10-6-4-8-14(16)2/h3-6,13-16H,7-12H2,1-2H3/t13-,14-,15-,16-/m1/s1. The number of carbonyl (C=O) groups is 2. The van der Waals surface area contributed by atoms with E-state index in [0.717, 1.165) is 25.7 Å². The van der Waals surface area contributed by atoms with Gasteiger partial charge in [0, 0.05) is 0 Å². The number of rotatable bonds is 4. The molecule has 2 aliphatic carbocycles. The molecular formula is C18H26O4. The molecule has 0 fully saturated rings. The van der Waals surface area contributed by atoms with Crippen molar-refractivity contribution in [2.45, 2.75) is 39.5 Å². The van der Waals surface area contributed by atoms with Gasteiger partial charge in [0.15, 0.2) is 0 Å². The van der Waals surface area contributed by atoms with Gasteiger partial charge < -0.3 is 9.47 Å². The van der Waals surface area contributed by atoms with Gasteiger partial charge in [0.2, 0.25) is 0 Å². The molecule has 22 heavy (non-hydrogen) atoms. The van der Waals surface area contributed by atoms with Crippen molar-refractivity contribution in [1.82, 2.24) is 0 Å². The third kappa shape index (κ3) is 4.72. The predicted molar refractivity (Wildman–Crippen MR) is 84.0 cm³/mol. The lowest BCUT2D eigenvalue weighted by molar-refractivity contribution is -0.169. The minimum atomic E-state index is -0.860. The van der Waals surface area contributed by atoms with Crippen molar-refractivity contribution < 1.29 is 19.1 Å². The summed E-state index contributed by atoms with van der Waals surface area (Å²) in [6.07, 6.45) is 12.3. The van der Waals surface area contributed by atoms with Crippen molar-refractivity contribution in [1.29, 1.82) is 0 Å². The molecule has 0 saturated carbocycles. The molecule has 0 spiro atoms. The van der Waals surface area contributed by atoms with Crippen LogP contribution < -0.4 is 0 Å². The van der Waals surface area contributed by atoms with Crippen LogP contribution >= 0.6 is 0 Å². The first kappa shape index (κ1) is 16.8. The largest absolute Gasteiger partial charge is 0.457 e. The Balaban J connectivity index is 1.69. The Bertz CT molecular complexity index is 410. The van der Waals surface area contributed by atoms with Crippen molar-refractivity contribution in [2.24, 2.45) is 23.7 Å². The minimum Gasteiger partial charge on any atom is -0.457 e. The van der Waals surface area contributed by atoms with Crippen LogP contribution in [0.25, 0.3) is 0 Å². The Kier molecular flexibility index (Phi) is 6.22. The van der Waals surface area contributed by atoms with Crippen LogP contribution in [-0.2, 0) is 19.1 Å². The maximum atomic E-state index is 11.7. The van der Waals surface area contributed by atoms with Gasteiger partial charge in [-0.3, -0.25) is 0 Å². The monoisotopic (exact) mass is 306 g/mol. The summed E-state index contributed by atoms with van der Waals surface area (Å²) in [7, 11) is 0. The lowest BCUT2D eigenvalue weighted by Gasteiger charge is -2.25. The zero-order valence-electron chi connectivity index (χ0n) is 13.5. The van der Waals surface area contributed by atoms with Crippen molar-refractivity contribution in [3.05, 3.63) is 24.3 Å². The van der Waals surface area contributed by atoms with Crippen molar-refractivity contribution in [3.8, 4) is 0 Å². The van der Waals surface area contributed by atoms with Gasteiger partial charge in [-0.2, -0.15) is 0 Å². The molecule has 0 N–H and O–H groups in total. The summed E-state index contributed by atoms with van der Waals surface area (Å²) in [6, 6.07) is 0. The van der Waals surface area contributed by atoms with Crippen LogP contribution in [0.3, 0.4) is 0 Å². The fourth-order valence-corrected chi connectivity index (χ4v) is 2.96. The second-order valence-electron chi connectivity index (χ2n) is 6.56. The molecule has 4 nitrogen and oxygen atoms in total. The van der Waals surface area contributed by atoms with Gasteiger partial charge in [-0.15, -0.1) is 0 Å². The van der Waals surface area contributed by atoms with Crippen LogP contribution in [0.4, 0.5) is 0 Å². The molecule has 4 heteroatoms. The maximum Gasteiger partial charge on any atom is 0.417 e. The summed E-state index contributed by atoms with van der Waals surface area (Å²) in [5, 5.41) is 0. The summed E-state index contributed by atoms with van der Waals surface area (Å²) < 4.78 is 10.2. The molecule has 4 atom stereocenters. The van der Waals surface area contributed by atoms with E-state index in [1.54, 1.807) is 0 Å². The first-order chi connectivity index (χ1) is 10.6. The van der Waals surface area contributed by atoms with E-state index >= 15 is 0 Å². The Hall–Kier alpha value is -1.58. The molecule has 2 aliphatic rings. The van der Waals surface area contributed by atoms with Crippen molar-refractivity contribution >= 4 is 11.9 Å². The molecule has 0 unspecified atom stereocenters. The van der Waals surface area contributed by atoms with Gasteiger partial charge in [-0.05, 0) is 49.4 Å². The zero-order chi connectivity index (χ0) is 15.9. The van der Waals surface area contributed by atoms with Crippen LogP contribution in [0, 0.1) is 23.7 Å². The highest BCUT2D eigenvalue weighted by atomic mass is 16.6. The van der Waals surface area contributed by atoms with Gasteiger partial charge in [-0.25, -0.2) is 9.59 Å². The van der Waals surface area contributed by atoms with E-state index in [0.29, 0.717) is 36.9 Å². The summed E-state index contributed by atoms with van der Waals surface area (Å²) in [6.45, 7) is 4.86. The molecule has 0 radical (unpaired) electrons. The normalized spacial score (nSPS) is 30.8. The average molecular weight is 306 g/mol. The highest BCUT2D eigenvalue weighted by Crippen LogP contribution is 2.26. The smallest absolute Gasteiger partial charge is 0.417 e. The van der Waals surface area contributed by atoms with E-state index in [2.05, 4.69) is 38.2 Å². The number of allylic oxidation sites excluding steroid dienone is 4. The number of hydrogen-bond donors (Lipinski definition) is 0. The third-order valence-electron chi connectivity index (χ3n) is 4.86. The fourth-order valence-electron chi connectivity index (χ4n) is 2.96. The molecule has 0 saturated heterocycles. The number of hydrogen-bond acceptors (Lipinski definition) is 4. The predicted octanol–water partition coefficient (Wildman–Crippen LogP) is 3.28. The Morgan fingerprint density at radius 2 is 1.14 bits per heavy atom. The van der Waals surface area contributed by atoms with Gasteiger partial charge in [0.25, 0.3) is 0 Å². The number of carbonyl (C=O) groups excluding carboxylic acids is 2. The van der Waals surface area contributed by atoms with Crippen LogP contribution in [0.1, 0.15) is 39.5 Å². The van der Waals surface area contributed by atoms with Gasteiger partial charge in [0.1, 0.15) is 0 Å². The second-order valence-corrected chi connectivity index (χ2v) is 6.56. The SMILES string of the molecule is C[C@@H]1CC=CC[C@@H]1COC(=O)C(=O)OC[C@H]1CC=CC[C@H]1C. The van der Waals surface area contributed by atoms with Gasteiger partial charge >= 0.3 is 11.9 Å². The molecule has 0 aromatic heterocycles. The Morgan fingerprint density at radius 1 is 0.773 bits per heavy atom. The van der Waals surface area contributed by atoms with Crippen LogP contribution in [0.15, 0.2) is 24.3 Å². The quantitative estimate of drug-likeness (QED) is 0.454. The summed E-state index contributed by atoms with van der Waals surface area (Å²) in [5.74, 6) is -0.176. The molecule has 0 aromatic carbocycles. The van der Waals surface area contributed by atoms with E-state index in [4.69, 9.17) is 9.47 Å². The summed E-state index contributed by atoms with van der Waals surface area (Å²) >= 11 is 0. The Morgan fingerprint density at radius 3 is 1.50 bits per heavy atom. The molecule has 0 amide bonds. The molecule has 2 rings (SSSR count). The molecule has 0 aromatic rings. The molecule has 0 aliphatic heterocycles. The van der Waals surface area contributed by atoms with E-state index in [1.165, 1.54) is 0 Å². The van der Waals surface area contributed by atoms with Crippen LogP contribution in [-0.4, -0.2) is 25.2 Å². The fraction of sp³-hybridized carbons (Fsp3) is 0.667. The number of esters is 2. The zero-order valence-corrected chi connectivity index (χ0v) is 13.5. The van der Waals surface area contributed by atoms with Crippen LogP contribution in [0.5, 0.6) is 0 Å². The van der Waals surface area contributed by atoms with E-state index in [9.17, 15) is 9.59 Å². The van der Waals surface area contributed by atoms with E-state index in [1.807, 2.05) is 0 Å². The molecule has 0 bridgehead atoms. The van der Waals surface area contributed by atoms with Gasteiger partial charge in [-0.1, -0.05) is 38.2 Å². The van der Waals surface area contributed by atoms with E-state index < -0.39 is 11.9 Å². The summed E-state index contributed by atoms with van der Waals surface area (Å²) in [5.41, 5.74) is 0. The first-order valence-electron chi connectivity index (χ1n) is 8.21.